The van der Waals surface area contributed by atoms with Crippen molar-refractivity contribution in [3.05, 3.63) is 0 Å². The molecule has 16 heteroatoms. The van der Waals surface area contributed by atoms with Crippen LogP contribution in [-0.2, 0) is 28.5 Å². The number of rotatable bonds is 9. The molecule has 0 spiro atoms. The third kappa shape index (κ3) is 6.71. The second-order valence-corrected chi connectivity index (χ2v) is 10.6. The molecule has 0 saturated carbocycles. The average Bonchev–Trinajstić information content (AvgIpc) is 3.24. The van der Waals surface area contributed by atoms with Gasteiger partial charge in [-0.05, 0) is 13.8 Å². The first-order valence-corrected chi connectivity index (χ1v) is 12.0. The van der Waals surface area contributed by atoms with Crippen molar-refractivity contribution >= 4 is 23.6 Å². The summed E-state index contributed by atoms with van der Waals surface area (Å²) in [4.78, 5) is 21.4. The van der Waals surface area contributed by atoms with E-state index in [1.807, 2.05) is 0 Å². The standard InChI is InChI=1S/C20H33NO13S.Na/c1-7(23)21-11-8(24)4-20(18(29)30,33-15(11)12(27)9(25)5-22)35-6-10(26)14-13(28)16-17(31-14)34-19(2,3)32-16;/h8-17,22,24-28H,4-6H2,1-3H3,(H,21,23)(H,29,30);/q;+1/p-1/t8?,9-,10-,11?,12-,13?,14?,15?,16?,17?,20?;/m1./s1. The molecular formula is C20H32NNaO13S. The summed E-state index contributed by atoms with van der Waals surface area (Å²) in [6.07, 6.45) is -13.2. The molecule has 36 heavy (non-hydrogen) atoms. The van der Waals surface area contributed by atoms with E-state index in [0.29, 0.717) is 11.8 Å². The van der Waals surface area contributed by atoms with Crippen molar-refractivity contribution in [2.75, 3.05) is 12.4 Å². The summed E-state index contributed by atoms with van der Waals surface area (Å²) < 4.78 is 22.2. The Morgan fingerprint density at radius 1 is 1.14 bits per heavy atom. The van der Waals surface area contributed by atoms with Crippen LogP contribution < -0.4 is 40.0 Å². The van der Waals surface area contributed by atoms with Crippen LogP contribution in [-0.4, -0.2) is 127 Å². The largest absolute Gasteiger partial charge is 1.00 e. The van der Waals surface area contributed by atoms with Crippen molar-refractivity contribution in [1.82, 2.24) is 5.32 Å². The molecule has 1 amide bonds. The second-order valence-electron chi connectivity index (χ2n) is 9.30. The molecule has 3 aliphatic rings. The number of ether oxygens (including phenoxy) is 4. The zero-order chi connectivity index (χ0) is 26.3. The molecule has 8 unspecified atom stereocenters. The number of carboxylic acids is 1. The van der Waals surface area contributed by atoms with Gasteiger partial charge in [-0.25, -0.2) is 0 Å². The van der Waals surface area contributed by atoms with Crippen molar-refractivity contribution in [2.45, 2.75) is 99.1 Å². The molecule has 202 valence electrons. The fourth-order valence-corrected chi connectivity index (χ4v) is 5.63. The number of hydrogen-bond donors (Lipinski definition) is 7. The smallest absolute Gasteiger partial charge is 0.546 e. The summed E-state index contributed by atoms with van der Waals surface area (Å²) in [5.41, 5.74) is 0. The van der Waals surface area contributed by atoms with Crippen molar-refractivity contribution < 1.29 is 93.8 Å². The molecule has 0 bridgehead atoms. The van der Waals surface area contributed by atoms with Gasteiger partial charge in [0.2, 0.25) is 5.91 Å². The number of carboxylic acid groups (broad SMARTS) is 1. The summed E-state index contributed by atoms with van der Waals surface area (Å²) in [6.45, 7) is 3.48. The molecule has 0 aromatic carbocycles. The van der Waals surface area contributed by atoms with Gasteiger partial charge in [-0.1, -0.05) is 0 Å². The van der Waals surface area contributed by atoms with Crippen LogP contribution in [0, 0.1) is 0 Å². The number of hydrogen-bond acceptors (Lipinski definition) is 14. The summed E-state index contributed by atoms with van der Waals surface area (Å²) in [5, 5.41) is 75.8. The normalized spacial score (nSPS) is 40.0. The molecule has 14 nitrogen and oxygen atoms in total. The predicted molar refractivity (Wildman–Crippen MR) is 113 cm³/mol. The van der Waals surface area contributed by atoms with Gasteiger partial charge in [0.1, 0.15) is 36.6 Å². The minimum absolute atomic E-state index is 0. The van der Waals surface area contributed by atoms with Gasteiger partial charge in [0.15, 0.2) is 17.0 Å². The Balaban J connectivity index is 0.00000456. The van der Waals surface area contributed by atoms with Crippen molar-refractivity contribution in [3.8, 4) is 0 Å². The maximum absolute atomic E-state index is 12.1. The van der Waals surface area contributed by atoms with Crippen LogP contribution in [0.2, 0.25) is 0 Å². The third-order valence-electron chi connectivity index (χ3n) is 6.09. The molecule has 3 saturated heterocycles. The first kappa shape index (κ1) is 32.1. The fourth-order valence-electron chi connectivity index (χ4n) is 4.42. The van der Waals surface area contributed by atoms with Crippen molar-refractivity contribution in [1.29, 1.82) is 0 Å². The zero-order valence-corrected chi connectivity index (χ0v) is 23.2. The maximum atomic E-state index is 12.1. The van der Waals surface area contributed by atoms with Crippen LogP contribution in [0.15, 0.2) is 0 Å². The van der Waals surface area contributed by atoms with Crippen LogP contribution in [0.4, 0.5) is 0 Å². The number of thioether (sulfide) groups is 1. The van der Waals surface area contributed by atoms with Crippen LogP contribution >= 0.6 is 11.8 Å². The molecule has 7 N–H and O–H groups in total. The molecule has 11 atom stereocenters. The van der Waals surface area contributed by atoms with E-state index in [4.69, 9.17) is 18.9 Å². The summed E-state index contributed by atoms with van der Waals surface area (Å²) >= 11 is 0.508. The Labute approximate surface area is 233 Å². The fraction of sp³-hybridized carbons (Fsp3) is 0.900. The number of nitrogens with one attached hydrogen (secondary N) is 1. The van der Waals surface area contributed by atoms with E-state index in [1.54, 1.807) is 13.8 Å². The SMILES string of the molecule is CC(=O)NC1C(O)CC(SC[C@@H](O)C2OC3OC(C)(C)OC3C2O)(C(=O)[O-])OC1[C@H](O)[C@H](O)CO.[Na+]. The van der Waals surface area contributed by atoms with Crippen molar-refractivity contribution in [2.24, 2.45) is 0 Å². The van der Waals surface area contributed by atoms with Gasteiger partial charge in [-0.15, -0.1) is 11.8 Å². The first-order valence-electron chi connectivity index (χ1n) is 11.0. The van der Waals surface area contributed by atoms with Gasteiger partial charge >= 0.3 is 29.6 Å². The number of aliphatic hydroxyl groups excluding tert-OH is 6. The number of carbonyl (C=O) groups excluding carboxylic acids is 2. The molecule has 3 heterocycles. The van der Waals surface area contributed by atoms with Crippen LogP contribution in [0.3, 0.4) is 0 Å². The minimum Gasteiger partial charge on any atom is -0.546 e. The number of fused-ring (bicyclic) bond motifs is 1. The van der Waals surface area contributed by atoms with E-state index in [0.717, 1.165) is 6.92 Å². The van der Waals surface area contributed by atoms with E-state index >= 15 is 0 Å². The van der Waals surface area contributed by atoms with Gasteiger partial charge in [0.25, 0.3) is 0 Å². The Hall–Kier alpha value is -0.110. The predicted octanol–water partition coefficient (Wildman–Crippen LogP) is -7.86. The number of amides is 1. The van der Waals surface area contributed by atoms with Gasteiger partial charge < -0.3 is 64.8 Å². The Kier molecular flexibility index (Phi) is 11.0. The molecular weight excluding hydrogens is 517 g/mol. The topological polar surface area (TPSA) is 228 Å². The van der Waals surface area contributed by atoms with Gasteiger partial charge in [-0.2, -0.15) is 0 Å². The van der Waals surface area contributed by atoms with Crippen LogP contribution in [0.1, 0.15) is 27.2 Å². The average molecular weight is 550 g/mol. The summed E-state index contributed by atoms with van der Waals surface area (Å²) in [6, 6.07) is -1.32. The van der Waals surface area contributed by atoms with Crippen molar-refractivity contribution in [3.63, 3.8) is 0 Å². The summed E-state index contributed by atoms with van der Waals surface area (Å²) in [7, 11) is 0. The van der Waals surface area contributed by atoms with E-state index in [-0.39, 0.29) is 35.3 Å². The van der Waals surface area contributed by atoms with Crippen LogP contribution in [0.25, 0.3) is 0 Å². The van der Waals surface area contributed by atoms with E-state index < -0.39 is 96.8 Å². The third-order valence-corrected chi connectivity index (χ3v) is 7.49. The van der Waals surface area contributed by atoms with E-state index in [9.17, 15) is 45.3 Å². The van der Waals surface area contributed by atoms with Gasteiger partial charge in [-0.3, -0.25) is 4.79 Å². The first-order chi connectivity index (χ1) is 16.2. The Morgan fingerprint density at radius 3 is 2.31 bits per heavy atom. The monoisotopic (exact) mass is 549 g/mol. The zero-order valence-electron chi connectivity index (χ0n) is 20.3. The molecule has 3 aliphatic heterocycles. The molecule has 0 aliphatic carbocycles. The van der Waals surface area contributed by atoms with Crippen LogP contribution in [0.5, 0.6) is 0 Å². The molecule has 0 aromatic rings. The minimum atomic E-state index is -2.33. The second kappa shape index (κ2) is 12.4. The number of aliphatic hydroxyl groups is 6. The van der Waals surface area contributed by atoms with Gasteiger partial charge in [0, 0.05) is 19.1 Å². The Morgan fingerprint density at radius 2 is 1.78 bits per heavy atom. The Bertz CT molecular complexity index is 793. The number of carbonyl (C=O) groups is 2. The van der Waals surface area contributed by atoms with E-state index in [2.05, 4.69) is 5.32 Å². The quantitative estimate of drug-likeness (QED) is 0.133. The molecule has 0 aromatic heterocycles. The number of aliphatic carboxylic acids is 1. The molecule has 3 rings (SSSR count). The summed E-state index contributed by atoms with van der Waals surface area (Å²) in [5.74, 6) is -3.81. The van der Waals surface area contributed by atoms with Gasteiger partial charge in [0.05, 0.1) is 30.8 Å². The maximum Gasteiger partial charge on any atom is 1.00 e. The molecule has 0 radical (unpaired) electrons. The molecule has 3 fully saturated rings. The van der Waals surface area contributed by atoms with E-state index in [1.165, 1.54) is 0 Å².